The van der Waals surface area contributed by atoms with Crippen molar-refractivity contribution in [3.05, 3.63) is 29.3 Å². The van der Waals surface area contributed by atoms with Gasteiger partial charge in [0, 0.05) is 24.8 Å². The van der Waals surface area contributed by atoms with Gasteiger partial charge in [-0.2, -0.15) is 0 Å². The fourth-order valence-electron chi connectivity index (χ4n) is 2.77. The number of piperidine rings is 1. The molecule has 1 aromatic rings. The third-order valence-corrected chi connectivity index (χ3v) is 4.14. The van der Waals surface area contributed by atoms with Gasteiger partial charge in [0.1, 0.15) is 0 Å². The second-order valence-corrected chi connectivity index (χ2v) is 5.35. The number of nitrogens with one attached hydrogen (secondary N) is 1. The zero-order chi connectivity index (χ0) is 13.0. The van der Waals surface area contributed by atoms with Gasteiger partial charge in [0.15, 0.2) is 0 Å². The molecule has 0 radical (unpaired) electrons. The van der Waals surface area contributed by atoms with Crippen LogP contribution >= 0.6 is 0 Å². The van der Waals surface area contributed by atoms with Crippen LogP contribution in [0.4, 0.5) is 5.69 Å². The molecule has 0 bridgehead atoms. The van der Waals surface area contributed by atoms with Gasteiger partial charge in [-0.25, -0.2) is 0 Å². The fraction of sp³-hybridized carbons (Fsp3) is 0.625. The lowest BCUT2D eigenvalue weighted by Crippen LogP contribution is -2.38. The average molecular weight is 246 g/mol. The normalized spacial score (nSPS) is 17.9. The lowest BCUT2D eigenvalue weighted by atomic mass is 10.0. The van der Waals surface area contributed by atoms with Crippen molar-refractivity contribution >= 4 is 5.69 Å². The van der Waals surface area contributed by atoms with Gasteiger partial charge in [-0.3, -0.25) is 0 Å². The van der Waals surface area contributed by atoms with Gasteiger partial charge in [-0.05, 0) is 56.0 Å². The van der Waals surface area contributed by atoms with Crippen LogP contribution in [0.1, 0.15) is 37.8 Å². The highest BCUT2D eigenvalue weighted by Gasteiger charge is 2.17. The first-order valence-electron chi connectivity index (χ1n) is 7.31. The highest BCUT2D eigenvalue weighted by Crippen LogP contribution is 2.20. The van der Waals surface area contributed by atoms with E-state index < -0.39 is 0 Å². The number of nitrogens with zero attached hydrogens (tertiary/aromatic N) is 1. The van der Waals surface area contributed by atoms with Gasteiger partial charge >= 0.3 is 0 Å². The van der Waals surface area contributed by atoms with E-state index in [-0.39, 0.29) is 0 Å². The van der Waals surface area contributed by atoms with E-state index >= 15 is 0 Å². The Hall–Kier alpha value is -1.02. The van der Waals surface area contributed by atoms with Crippen LogP contribution in [0.15, 0.2) is 18.2 Å². The number of anilines is 1. The molecule has 1 saturated heterocycles. The van der Waals surface area contributed by atoms with Crippen molar-refractivity contribution in [2.45, 2.75) is 46.1 Å². The molecular formula is C16H26N2. The Morgan fingerprint density at radius 1 is 1.22 bits per heavy atom. The summed E-state index contributed by atoms with van der Waals surface area (Å²) in [4.78, 5) is 2.53. The Kier molecular flexibility index (Phi) is 4.65. The van der Waals surface area contributed by atoms with Crippen molar-refractivity contribution in [1.82, 2.24) is 4.90 Å². The molecule has 0 aliphatic carbocycles. The van der Waals surface area contributed by atoms with E-state index in [1.807, 2.05) is 0 Å². The number of benzene rings is 1. The summed E-state index contributed by atoms with van der Waals surface area (Å²) in [6.07, 6.45) is 3.65. The van der Waals surface area contributed by atoms with Crippen molar-refractivity contribution < 1.29 is 0 Å². The first-order valence-corrected chi connectivity index (χ1v) is 7.31. The SMILES string of the molecule is CCc1cc(NC2CCN(CC)CC2)ccc1C. The van der Waals surface area contributed by atoms with E-state index in [0.717, 1.165) is 6.42 Å². The molecule has 2 rings (SSSR count). The maximum absolute atomic E-state index is 3.70. The summed E-state index contributed by atoms with van der Waals surface area (Å²) in [5, 5.41) is 3.70. The minimum absolute atomic E-state index is 0.653. The zero-order valence-corrected chi connectivity index (χ0v) is 12.0. The summed E-state index contributed by atoms with van der Waals surface area (Å²) in [5.41, 5.74) is 4.17. The lowest BCUT2D eigenvalue weighted by Gasteiger charge is -2.32. The zero-order valence-electron chi connectivity index (χ0n) is 12.0. The number of likely N-dealkylation sites (tertiary alicyclic amines) is 1. The van der Waals surface area contributed by atoms with Crippen LogP contribution in [0.3, 0.4) is 0 Å². The van der Waals surface area contributed by atoms with Crippen molar-refractivity contribution in [3.63, 3.8) is 0 Å². The highest BCUT2D eigenvalue weighted by molar-refractivity contribution is 5.49. The maximum Gasteiger partial charge on any atom is 0.0345 e. The minimum atomic E-state index is 0.653. The van der Waals surface area contributed by atoms with Crippen LogP contribution in [-0.4, -0.2) is 30.6 Å². The third kappa shape index (κ3) is 3.26. The second kappa shape index (κ2) is 6.24. The Balaban J connectivity index is 1.94. The summed E-state index contributed by atoms with van der Waals surface area (Å²) in [6, 6.07) is 7.44. The number of aryl methyl sites for hydroxylation is 2. The van der Waals surface area contributed by atoms with Crippen LogP contribution in [0.25, 0.3) is 0 Å². The van der Waals surface area contributed by atoms with E-state index in [1.54, 1.807) is 0 Å². The molecule has 2 nitrogen and oxygen atoms in total. The van der Waals surface area contributed by atoms with Crippen LogP contribution in [0.2, 0.25) is 0 Å². The largest absolute Gasteiger partial charge is 0.382 e. The van der Waals surface area contributed by atoms with Gasteiger partial charge in [0.25, 0.3) is 0 Å². The number of rotatable bonds is 4. The summed E-state index contributed by atoms with van der Waals surface area (Å²) >= 11 is 0. The Bertz CT molecular complexity index is 379. The highest BCUT2D eigenvalue weighted by atomic mass is 15.1. The standard InChI is InChI=1S/C16H26N2/c1-4-14-12-16(7-6-13(14)3)17-15-8-10-18(5-2)11-9-15/h6-7,12,15,17H,4-5,8-11H2,1-3H3. The van der Waals surface area contributed by atoms with E-state index in [2.05, 4.69) is 49.2 Å². The van der Waals surface area contributed by atoms with Gasteiger partial charge in [0.05, 0.1) is 0 Å². The summed E-state index contributed by atoms with van der Waals surface area (Å²) in [6.45, 7) is 10.3. The van der Waals surface area contributed by atoms with Crippen molar-refractivity contribution in [3.8, 4) is 0 Å². The number of hydrogen-bond donors (Lipinski definition) is 1. The van der Waals surface area contributed by atoms with Crippen LogP contribution in [0, 0.1) is 6.92 Å². The predicted molar refractivity (Wildman–Crippen MR) is 79.3 cm³/mol. The van der Waals surface area contributed by atoms with Gasteiger partial charge in [-0.1, -0.05) is 19.9 Å². The molecule has 18 heavy (non-hydrogen) atoms. The summed E-state index contributed by atoms with van der Waals surface area (Å²) < 4.78 is 0. The minimum Gasteiger partial charge on any atom is -0.382 e. The lowest BCUT2D eigenvalue weighted by molar-refractivity contribution is 0.229. The molecule has 0 aromatic heterocycles. The average Bonchev–Trinajstić information content (AvgIpc) is 2.42. The van der Waals surface area contributed by atoms with Crippen LogP contribution in [-0.2, 0) is 6.42 Å². The van der Waals surface area contributed by atoms with E-state index in [4.69, 9.17) is 0 Å². The molecule has 1 aliphatic rings. The molecule has 0 unspecified atom stereocenters. The fourth-order valence-corrected chi connectivity index (χ4v) is 2.77. The monoisotopic (exact) mass is 246 g/mol. The van der Waals surface area contributed by atoms with Crippen molar-refractivity contribution in [1.29, 1.82) is 0 Å². The smallest absolute Gasteiger partial charge is 0.0345 e. The Morgan fingerprint density at radius 2 is 1.94 bits per heavy atom. The van der Waals surface area contributed by atoms with E-state index in [0.29, 0.717) is 6.04 Å². The van der Waals surface area contributed by atoms with Gasteiger partial charge in [-0.15, -0.1) is 0 Å². The Morgan fingerprint density at radius 3 is 2.56 bits per heavy atom. The first kappa shape index (κ1) is 13.4. The van der Waals surface area contributed by atoms with Crippen molar-refractivity contribution in [2.75, 3.05) is 25.0 Å². The second-order valence-electron chi connectivity index (χ2n) is 5.35. The summed E-state index contributed by atoms with van der Waals surface area (Å²) in [5.74, 6) is 0. The Labute approximate surface area is 111 Å². The molecule has 0 amide bonds. The van der Waals surface area contributed by atoms with E-state index in [1.165, 1.54) is 49.3 Å². The molecular weight excluding hydrogens is 220 g/mol. The van der Waals surface area contributed by atoms with Crippen molar-refractivity contribution in [2.24, 2.45) is 0 Å². The van der Waals surface area contributed by atoms with Gasteiger partial charge < -0.3 is 10.2 Å². The van der Waals surface area contributed by atoms with E-state index in [9.17, 15) is 0 Å². The molecule has 1 fully saturated rings. The van der Waals surface area contributed by atoms with Gasteiger partial charge in [0.2, 0.25) is 0 Å². The quantitative estimate of drug-likeness (QED) is 0.875. The molecule has 1 aromatic carbocycles. The molecule has 1 N–H and O–H groups in total. The predicted octanol–water partition coefficient (Wildman–Crippen LogP) is 3.45. The first-order chi connectivity index (χ1) is 8.72. The summed E-state index contributed by atoms with van der Waals surface area (Å²) in [7, 11) is 0. The van der Waals surface area contributed by atoms with Crippen LogP contribution < -0.4 is 5.32 Å². The molecule has 100 valence electrons. The molecule has 1 heterocycles. The third-order valence-electron chi connectivity index (χ3n) is 4.14. The molecule has 0 spiro atoms. The topological polar surface area (TPSA) is 15.3 Å². The van der Waals surface area contributed by atoms with Crippen LogP contribution in [0.5, 0.6) is 0 Å². The number of hydrogen-bond acceptors (Lipinski definition) is 2. The molecule has 0 saturated carbocycles. The molecule has 1 aliphatic heterocycles. The molecule has 2 heteroatoms. The molecule has 0 atom stereocenters. The maximum atomic E-state index is 3.70.